The first-order valence-electron chi connectivity index (χ1n) is 6.11. The standard InChI is InChI=1S/C13H14N4O2/c1-16-4-5-17(8-12(16)18)10-2-3-11-9(6-10)7-14-15-13(11)19/h2-3,6-7H,4-5,8H2,1H3,(H,15,19). The number of amides is 1. The number of nitrogens with zero attached hydrogens (tertiary/aromatic N) is 3. The number of fused-ring (bicyclic) bond motifs is 1. The number of benzene rings is 1. The lowest BCUT2D eigenvalue weighted by Gasteiger charge is -2.33. The summed E-state index contributed by atoms with van der Waals surface area (Å²) in [5.41, 5.74) is 0.750. The molecule has 0 spiro atoms. The van der Waals surface area contributed by atoms with Gasteiger partial charge in [0.1, 0.15) is 0 Å². The number of nitrogens with one attached hydrogen (secondary N) is 1. The van der Waals surface area contributed by atoms with Crippen LogP contribution in [0.15, 0.2) is 29.2 Å². The molecule has 6 nitrogen and oxygen atoms in total. The zero-order chi connectivity index (χ0) is 13.4. The van der Waals surface area contributed by atoms with Crippen molar-refractivity contribution in [3.8, 4) is 0 Å². The lowest BCUT2D eigenvalue weighted by molar-refractivity contribution is -0.129. The van der Waals surface area contributed by atoms with Gasteiger partial charge in [-0.2, -0.15) is 5.10 Å². The summed E-state index contributed by atoms with van der Waals surface area (Å²) in [5.74, 6) is 0.107. The molecule has 3 rings (SSSR count). The van der Waals surface area contributed by atoms with Crippen LogP contribution < -0.4 is 10.5 Å². The van der Waals surface area contributed by atoms with Crippen molar-refractivity contribution in [1.82, 2.24) is 15.1 Å². The number of likely N-dealkylation sites (N-methyl/N-ethyl adjacent to an activating group) is 1. The van der Waals surface area contributed by atoms with Gasteiger partial charge >= 0.3 is 0 Å². The Kier molecular flexibility index (Phi) is 2.70. The Labute approximate surface area is 109 Å². The normalized spacial score (nSPS) is 16.2. The predicted molar refractivity (Wildman–Crippen MR) is 72.2 cm³/mol. The molecule has 0 aliphatic carbocycles. The summed E-state index contributed by atoms with van der Waals surface area (Å²) in [4.78, 5) is 27.0. The molecule has 0 unspecified atom stereocenters. The minimum Gasteiger partial charge on any atom is -0.360 e. The van der Waals surface area contributed by atoms with E-state index >= 15 is 0 Å². The van der Waals surface area contributed by atoms with Gasteiger partial charge in [0.2, 0.25) is 5.91 Å². The Hall–Kier alpha value is -2.37. The van der Waals surface area contributed by atoms with Crippen LogP contribution in [0.5, 0.6) is 0 Å². The highest BCUT2D eigenvalue weighted by atomic mass is 16.2. The minimum atomic E-state index is -0.196. The first-order valence-corrected chi connectivity index (χ1v) is 6.11. The van der Waals surface area contributed by atoms with Crippen molar-refractivity contribution in [3.63, 3.8) is 0 Å². The Bertz CT molecular complexity index is 694. The number of carbonyl (C=O) groups is 1. The average Bonchev–Trinajstić information content (AvgIpc) is 2.42. The molecule has 0 saturated carbocycles. The van der Waals surface area contributed by atoms with Crippen molar-refractivity contribution in [2.75, 3.05) is 31.6 Å². The van der Waals surface area contributed by atoms with Crippen LogP contribution in [0.3, 0.4) is 0 Å². The molecule has 19 heavy (non-hydrogen) atoms. The summed E-state index contributed by atoms with van der Waals surface area (Å²) in [6, 6.07) is 5.54. The maximum atomic E-state index is 11.7. The molecule has 1 aliphatic heterocycles. The summed E-state index contributed by atoms with van der Waals surface area (Å²) in [6.07, 6.45) is 1.62. The predicted octanol–water partition coefficient (Wildman–Crippen LogP) is 0.201. The Morgan fingerprint density at radius 3 is 2.89 bits per heavy atom. The van der Waals surface area contributed by atoms with Gasteiger partial charge in [-0.15, -0.1) is 0 Å². The van der Waals surface area contributed by atoms with E-state index in [9.17, 15) is 9.59 Å². The average molecular weight is 258 g/mol. The number of hydrogen-bond donors (Lipinski definition) is 1. The van der Waals surface area contributed by atoms with Crippen LogP contribution in [-0.4, -0.2) is 47.7 Å². The topological polar surface area (TPSA) is 69.3 Å². The number of aromatic nitrogens is 2. The Morgan fingerprint density at radius 2 is 2.11 bits per heavy atom. The van der Waals surface area contributed by atoms with Crippen LogP contribution in [0.2, 0.25) is 0 Å². The SMILES string of the molecule is CN1CCN(c2ccc3c(=O)[nH]ncc3c2)CC1=O. The van der Waals surface area contributed by atoms with Crippen molar-refractivity contribution in [1.29, 1.82) is 0 Å². The van der Waals surface area contributed by atoms with Crippen LogP contribution in [0.1, 0.15) is 0 Å². The Morgan fingerprint density at radius 1 is 1.26 bits per heavy atom. The van der Waals surface area contributed by atoms with Crippen molar-refractivity contribution in [2.45, 2.75) is 0 Å². The maximum absolute atomic E-state index is 11.7. The molecule has 1 N–H and O–H groups in total. The summed E-state index contributed by atoms with van der Waals surface area (Å²) in [5, 5.41) is 7.60. The lowest BCUT2D eigenvalue weighted by Crippen LogP contribution is -2.48. The van der Waals surface area contributed by atoms with Gasteiger partial charge in [-0.1, -0.05) is 0 Å². The molecular weight excluding hydrogens is 244 g/mol. The van der Waals surface area contributed by atoms with Crippen molar-refractivity contribution in [3.05, 3.63) is 34.7 Å². The van der Waals surface area contributed by atoms with E-state index in [0.29, 0.717) is 18.5 Å². The van der Waals surface area contributed by atoms with Gasteiger partial charge in [-0.25, -0.2) is 5.10 Å². The van der Waals surface area contributed by atoms with Crippen molar-refractivity contribution < 1.29 is 4.79 Å². The zero-order valence-corrected chi connectivity index (χ0v) is 10.6. The highest BCUT2D eigenvalue weighted by Gasteiger charge is 2.21. The number of H-pyrrole nitrogens is 1. The summed E-state index contributed by atoms with van der Waals surface area (Å²) < 4.78 is 0. The van der Waals surface area contributed by atoms with E-state index in [2.05, 4.69) is 10.2 Å². The van der Waals surface area contributed by atoms with Gasteiger partial charge in [0.15, 0.2) is 0 Å². The summed E-state index contributed by atoms with van der Waals surface area (Å²) >= 11 is 0. The zero-order valence-electron chi connectivity index (χ0n) is 10.6. The van der Waals surface area contributed by atoms with E-state index in [1.54, 1.807) is 17.2 Å². The largest absolute Gasteiger partial charge is 0.360 e. The monoisotopic (exact) mass is 258 g/mol. The number of hydrogen-bond acceptors (Lipinski definition) is 4. The van der Waals surface area contributed by atoms with Crippen LogP contribution in [0, 0.1) is 0 Å². The molecule has 2 heterocycles. The van der Waals surface area contributed by atoms with Gasteiger partial charge in [0, 0.05) is 31.2 Å². The second-order valence-corrected chi connectivity index (χ2v) is 4.71. The smallest absolute Gasteiger partial charge is 0.272 e. The van der Waals surface area contributed by atoms with Gasteiger partial charge in [-0.3, -0.25) is 9.59 Å². The third kappa shape index (κ3) is 2.05. The number of aromatic amines is 1. The van der Waals surface area contributed by atoms with Crippen LogP contribution in [0.25, 0.3) is 10.8 Å². The van der Waals surface area contributed by atoms with Gasteiger partial charge in [0.05, 0.1) is 18.1 Å². The molecule has 2 aromatic rings. The fourth-order valence-electron chi connectivity index (χ4n) is 2.26. The van der Waals surface area contributed by atoms with Gasteiger partial charge < -0.3 is 9.80 Å². The quantitative estimate of drug-likeness (QED) is 0.793. The number of rotatable bonds is 1. The van der Waals surface area contributed by atoms with Gasteiger partial charge in [0.25, 0.3) is 5.56 Å². The molecule has 98 valence electrons. The number of piperazine rings is 1. The molecule has 1 aromatic carbocycles. The highest BCUT2D eigenvalue weighted by Crippen LogP contribution is 2.20. The van der Waals surface area contributed by atoms with Gasteiger partial charge in [-0.05, 0) is 18.2 Å². The number of anilines is 1. The third-order valence-corrected chi connectivity index (χ3v) is 3.47. The van der Waals surface area contributed by atoms with E-state index in [1.807, 2.05) is 24.1 Å². The Balaban J connectivity index is 1.98. The maximum Gasteiger partial charge on any atom is 0.272 e. The summed E-state index contributed by atoms with van der Waals surface area (Å²) in [6.45, 7) is 1.88. The van der Waals surface area contributed by atoms with Crippen molar-refractivity contribution >= 4 is 22.4 Å². The molecule has 0 radical (unpaired) electrons. The van der Waals surface area contributed by atoms with Crippen molar-refractivity contribution in [2.24, 2.45) is 0 Å². The lowest BCUT2D eigenvalue weighted by atomic mass is 10.1. The van der Waals surface area contributed by atoms with E-state index in [4.69, 9.17) is 0 Å². The fraction of sp³-hybridized carbons (Fsp3) is 0.308. The molecule has 1 aliphatic rings. The molecule has 1 amide bonds. The molecule has 0 bridgehead atoms. The van der Waals surface area contributed by atoms with Crippen LogP contribution in [0.4, 0.5) is 5.69 Å². The second-order valence-electron chi connectivity index (χ2n) is 4.71. The minimum absolute atomic E-state index is 0.107. The molecule has 0 atom stereocenters. The molecule has 1 aromatic heterocycles. The highest BCUT2D eigenvalue weighted by molar-refractivity contribution is 5.87. The van der Waals surface area contributed by atoms with E-state index in [0.717, 1.165) is 17.6 Å². The van der Waals surface area contributed by atoms with E-state index < -0.39 is 0 Å². The first-order chi connectivity index (χ1) is 9.15. The summed E-state index contributed by atoms with van der Waals surface area (Å²) in [7, 11) is 1.81. The third-order valence-electron chi connectivity index (χ3n) is 3.47. The number of carbonyl (C=O) groups excluding carboxylic acids is 1. The van der Waals surface area contributed by atoms with Crippen LogP contribution >= 0.6 is 0 Å². The van der Waals surface area contributed by atoms with E-state index in [1.165, 1.54) is 0 Å². The second kappa shape index (κ2) is 4.38. The fourth-order valence-corrected chi connectivity index (χ4v) is 2.26. The van der Waals surface area contributed by atoms with Crippen LogP contribution in [-0.2, 0) is 4.79 Å². The molecule has 1 saturated heterocycles. The first kappa shape index (κ1) is 11.7. The van der Waals surface area contributed by atoms with E-state index in [-0.39, 0.29) is 11.5 Å². The molecular formula is C13H14N4O2. The molecule has 6 heteroatoms. The molecule has 1 fully saturated rings.